The van der Waals surface area contributed by atoms with Gasteiger partial charge < -0.3 is 18.9 Å². The van der Waals surface area contributed by atoms with Crippen molar-refractivity contribution in [2.45, 2.75) is 20.0 Å². The molecule has 29 heavy (non-hydrogen) atoms. The molecule has 8 heteroatoms. The summed E-state index contributed by atoms with van der Waals surface area (Å²) in [7, 11) is 1.49. The second-order valence-corrected chi connectivity index (χ2v) is 6.25. The van der Waals surface area contributed by atoms with E-state index in [0.717, 1.165) is 5.75 Å². The Labute approximate surface area is 170 Å². The number of hydrazine groups is 1. The number of benzene rings is 2. The highest BCUT2D eigenvalue weighted by Crippen LogP contribution is 2.28. The molecule has 0 unspecified atom stereocenters. The molecule has 0 spiro atoms. The SMILES string of the molecule is COc1cc(C(=O)NNC(=O)COCCOc2ccccc2)ccc1OC(C)C. The van der Waals surface area contributed by atoms with Crippen molar-refractivity contribution in [1.29, 1.82) is 0 Å². The van der Waals surface area contributed by atoms with Crippen LogP contribution in [-0.4, -0.2) is 44.8 Å². The van der Waals surface area contributed by atoms with E-state index in [4.69, 9.17) is 18.9 Å². The minimum atomic E-state index is -0.486. The zero-order valence-corrected chi connectivity index (χ0v) is 16.8. The van der Waals surface area contributed by atoms with Gasteiger partial charge in [-0.25, -0.2) is 0 Å². The van der Waals surface area contributed by atoms with Crippen molar-refractivity contribution in [3.05, 3.63) is 54.1 Å². The van der Waals surface area contributed by atoms with Gasteiger partial charge in [-0.3, -0.25) is 20.4 Å². The van der Waals surface area contributed by atoms with Gasteiger partial charge in [-0.2, -0.15) is 0 Å². The van der Waals surface area contributed by atoms with E-state index in [9.17, 15) is 9.59 Å². The van der Waals surface area contributed by atoms with E-state index >= 15 is 0 Å². The molecule has 156 valence electrons. The van der Waals surface area contributed by atoms with Crippen molar-refractivity contribution in [2.75, 3.05) is 26.9 Å². The van der Waals surface area contributed by atoms with Crippen molar-refractivity contribution >= 4 is 11.8 Å². The smallest absolute Gasteiger partial charge is 0.269 e. The summed E-state index contributed by atoms with van der Waals surface area (Å²) < 4.78 is 21.5. The fourth-order valence-electron chi connectivity index (χ4n) is 2.29. The first kappa shape index (κ1) is 22.0. The summed E-state index contributed by atoms with van der Waals surface area (Å²) >= 11 is 0. The van der Waals surface area contributed by atoms with Crippen molar-refractivity contribution in [1.82, 2.24) is 10.9 Å². The molecule has 0 bridgehead atoms. The fraction of sp³-hybridized carbons (Fsp3) is 0.333. The van der Waals surface area contributed by atoms with E-state index in [-0.39, 0.29) is 19.3 Å². The van der Waals surface area contributed by atoms with Crippen LogP contribution >= 0.6 is 0 Å². The number of hydrogen-bond donors (Lipinski definition) is 2. The summed E-state index contributed by atoms with van der Waals surface area (Å²) in [6, 6.07) is 14.1. The Morgan fingerprint density at radius 2 is 1.72 bits per heavy atom. The minimum absolute atomic E-state index is 0.0269. The number of hydrogen-bond acceptors (Lipinski definition) is 6. The molecule has 0 aliphatic heterocycles. The predicted molar refractivity (Wildman–Crippen MR) is 107 cm³/mol. The Kier molecular flexibility index (Phi) is 8.78. The molecule has 0 aliphatic carbocycles. The zero-order valence-electron chi connectivity index (χ0n) is 16.8. The topological polar surface area (TPSA) is 95.1 Å². The lowest BCUT2D eigenvalue weighted by atomic mass is 10.2. The molecule has 8 nitrogen and oxygen atoms in total. The first-order valence-electron chi connectivity index (χ1n) is 9.19. The molecule has 0 heterocycles. The maximum absolute atomic E-state index is 12.2. The van der Waals surface area contributed by atoms with Crippen LogP contribution in [0.2, 0.25) is 0 Å². The van der Waals surface area contributed by atoms with Gasteiger partial charge in [0.2, 0.25) is 0 Å². The van der Waals surface area contributed by atoms with Crippen molar-refractivity contribution in [3.8, 4) is 17.2 Å². The molecule has 0 aliphatic rings. The molecular formula is C21H26N2O6. The molecule has 0 saturated carbocycles. The van der Waals surface area contributed by atoms with E-state index in [1.54, 1.807) is 12.1 Å². The molecule has 2 rings (SSSR count). The lowest BCUT2D eigenvalue weighted by molar-refractivity contribution is -0.126. The number of methoxy groups -OCH3 is 1. The van der Waals surface area contributed by atoms with Gasteiger partial charge >= 0.3 is 0 Å². The normalized spacial score (nSPS) is 10.3. The van der Waals surface area contributed by atoms with Gasteiger partial charge in [0.25, 0.3) is 11.8 Å². The number of nitrogens with one attached hydrogen (secondary N) is 2. The average Bonchev–Trinajstić information content (AvgIpc) is 2.72. The molecule has 2 aromatic carbocycles. The number of rotatable bonds is 10. The molecular weight excluding hydrogens is 376 g/mol. The summed E-state index contributed by atoms with van der Waals surface area (Å²) in [5.41, 5.74) is 4.94. The third-order valence-corrected chi connectivity index (χ3v) is 3.58. The number of carbonyl (C=O) groups excluding carboxylic acids is 2. The Morgan fingerprint density at radius 3 is 2.41 bits per heavy atom. The second-order valence-electron chi connectivity index (χ2n) is 6.25. The Bertz CT molecular complexity index is 795. The third-order valence-electron chi connectivity index (χ3n) is 3.58. The van der Waals surface area contributed by atoms with Crippen LogP contribution in [0.15, 0.2) is 48.5 Å². The van der Waals surface area contributed by atoms with Crippen LogP contribution in [0, 0.1) is 0 Å². The Balaban J connectivity index is 1.70. The lowest BCUT2D eigenvalue weighted by Gasteiger charge is -2.14. The number of amides is 2. The molecule has 0 aromatic heterocycles. The number of carbonyl (C=O) groups is 2. The van der Waals surface area contributed by atoms with Gasteiger partial charge in [0.15, 0.2) is 11.5 Å². The van der Waals surface area contributed by atoms with E-state index in [0.29, 0.717) is 23.7 Å². The first-order chi connectivity index (χ1) is 14.0. The largest absolute Gasteiger partial charge is 0.493 e. The van der Waals surface area contributed by atoms with E-state index in [2.05, 4.69) is 10.9 Å². The highest BCUT2D eigenvalue weighted by molar-refractivity contribution is 5.96. The van der Waals surface area contributed by atoms with Gasteiger partial charge in [-0.05, 0) is 44.2 Å². The van der Waals surface area contributed by atoms with Gasteiger partial charge in [0.1, 0.15) is 19.0 Å². The van der Waals surface area contributed by atoms with Crippen LogP contribution in [0.25, 0.3) is 0 Å². The molecule has 2 N–H and O–H groups in total. The molecule has 2 amide bonds. The van der Waals surface area contributed by atoms with Gasteiger partial charge in [0.05, 0.1) is 19.8 Å². The third kappa shape index (κ3) is 7.71. The summed E-state index contributed by atoms with van der Waals surface area (Å²) in [6.45, 7) is 4.14. The van der Waals surface area contributed by atoms with Crippen molar-refractivity contribution in [2.24, 2.45) is 0 Å². The summed E-state index contributed by atoms with van der Waals surface area (Å²) in [4.78, 5) is 24.0. The molecule has 0 atom stereocenters. The molecule has 0 saturated heterocycles. The summed E-state index contributed by atoms with van der Waals surface area (Å²) in [5, 5.41) is 0. The van der Waals surface area contributed by atoms with Crippen molar-refractivity contribution in [3.63, 3.8) is 0 Å². The first-order valence-corrected chi connectivity index (χ1v) is 9.19. The van der Waals surface area contributed by atoms with Gasteiger partial charge in [-0.1, -0.05) is 18.2 Å². The monoisotopic (exact) mass is 402 g/mol. The minimum Gasteiger partial charge on any atom is -0.493 e. The van der Waals surface area contributed by atoms with Crippen LogP contribution < -0.4 is 25.1 Å². The maximum Gasteiger partial charge on any atom is 0.269 e. The van der Waals surface area contributed by atoms with E-state index in [1.165, 1.54) is 13.2 Å². The Morgan fingerprint density at radius 1 is 0.966 bits per heavy atom. The lowest BCUT2D eigenvalue weighted by Crippen LogP contribution is -2.43. The quantitative estimate of drug-likeness (QED) is 0.468. The molecule has 0 fully saturated rings. The zero-order chi connectivity index (χ0) is 21.1. The maximum atomic E-state index is 12.2. The highest BCUT2D eigenvalue weighted by Gasteiger charge is 2.13. The van der Waals surface area contributed by atoms with Crippen LogP contribution in [0.1, 0.15) is 24.2 Å². The van der Waals surface area contributed by atoms with Crippen LogP contribution in [0.3, 0.4) is 0 Å². The Hall–Kier alpha value is -3.26. The number of ether oxygens (including phenoxy) is 4. The molecule has 0 radical (unpaired) electrons. The second kappa shape index (κ2) is 11.6. The van der Waals surface area contributed by atoms with Gasteiger partial charge in [0, 0.05) is 5.56 Å². The van der Waals surface area contributed by atoms with Gasteiger partial charge in [-0.15, -0.1) is 0 Å². The molecule has 2 aromatic rings. The average molecular weight is 402 g/mol. The van der Waals surface area contributed by atoms with Crippen molar-refractivity contribution < 1.29 is 28.5 Å². The van der Waals surface area contributed by atoms with Crippen LogP contribution in [0.5, 0.6) is 17.2 Å². The van der Waals surface area contributed by atoms with Crippen LogP contribution in [-0.2, 0) is 9.53 Å². The summed E-state index contributed by atoms with van der Waals surface area (Å²) in [5.74, 6) is 0.728. The van der Waals surface area contributed by atoms with E-state index in [1.807, 2.05) is 44.2 Å². The summed E-state index contributed by atoms with van der Waals surface area (Å²) in [6.07, 6.45) is -0.0269. The standard InChI is InChI=1S/C21H26N2O6/c1-15(2)29-18-10-9-16(13-19(18)26-3)21(25)23-22-20(24)14-27-11-12-28-17-7-5-4-6-8-17/h4-10,13,15H,11-12,14H2,1-3H3,(H,22,24)(H,23,25). The highest BCUT2D eigenvalue weighted by atomic mass is 16.5. The number of para-hydroxylation sites is 1. The van der Waals surface area contributed by atoms with Crippen LogP contribution in [0.4, 0.5) is 0 Å². The van der Waals surface area contributed by atoms with E-state index < -0.39 is 11.8 Å². The predicted octanol–water partition coefficient (Wildman–Crippen LogP) is 2.34. The fourth-order valence-corrected chi connectivity index (χ4v) is 2.29.